The number of hydrogen-bond donors (Lipinski definition) is 1. The molecule has 0 aromatic carbocycles. The minimum atomic E-state index is 0.889. The summed E-state index contributed by atoms with van der Waals surface area (Å²) in [7, 11) is 0. The van der Waals surface area contributed by atoms with E-state index in [1.165, 1.54) is 45.4 Å². The Hall–Kier alpha value is -0.0800. The van der Waals surface area contributed by atoms with Gasteiger partial charge in [0.25, 0.3) is 0 Å². The van der Waals surface area contributed by atoms with Gasteiger partial charge >= 0.3 is 0 Å². The Bertz CT molecular complexity index is 104. The van der Waals surface area contributed by atoms with Crippen LogP contribution in [0.4, 0.5) is 0 Å². The van der Waals surface area contributed by atoms with Crippen molar-refractivity contribution in [3.05, 3.63) is 0 Å². The highest BCUT2D eigenvalue weighted by Gasteiger charge is 2.24. The van der Waals surface area contributed by atoms with E-state index >= 15 is 0 Å². The van der Waals surface area contributed by atoms with E-state index in [4.69, 9.17) is 0 Å². The maximum absolute atomic E-state index is 3.32. The monoisotopic (exact) mass is 140 g/mol. The average molecular weight is 140 g/mol. The van der Waals surface area contributed by atoms with Crippen LogP contribution in [0.1, 0.15) is 19.3 Å². The van der Waals surface area contributed by atoms with E-state index in [0.29, 0.717) is 0 Å². The molecule has 0 radical (unpaired) electrons. The summed E-state index contributed by atoms with van der Waals surface area (Å²) in [4.78, 5) is 2.64. The van der Waals surface area contributed by atoms with Crippen molar-refractivity contribution in [2.24, 2.45) is 0 Å². The number of likely N-dealkylation sites (tertiary alicyclic amines) is 1. The summed E-state index contributed by atoms with van der Waals surface area (Å²) in [5, 5.41) is 3.32. The molecule has 10 heavy (non-hydrogen) atoms. The van der Waals surface area contributed by atoms with Crippen molar-refractivity contribution in [3.63, 3.8) is 0 Å². The number of nitrogens with zero attached hydrogens (tertiary/aromatic N) is 1. The summed E-state index contributed by atoms with van der Waals surface area (Å²) in [6.07, 6.45) is 4.31. The van der Waals surface area contributed by atoms with E-state index in [-0.39, 0.29) is 0 Å². The molecule has 0 saturated carbocycles. The third-order valence-electron chi connectivity index (χ3n) is 2.67. The van der Waals surface area contributed by atoms with Gasteiger partial charge in [-0.3, -0.25) is 4.90 Å². The zero-order valence-corrected chi connectivity index (χ0v) is 6.47. The Kier molecular flexibility index (Phi) is 1.91. The predicted molar refractivity (Wildman–Crippen MR) is 42.1 cm³/mol. The van der Waals surface area contributed by atoms with Gasteiger partial charge in [-0.25, -0.2) is 0 Å². The van der Waals surface area contributed by atoms with Gasteiger partial charge in [-0.15, -0.1) is 0 Å². The lowest BCUT2D eigenvalue weighted by Gasteiger charge is -2.40. The van der Waals surface area contributed by atoms with Crippen LogP contribution in [0.2, 0.25) is 0 Å². The molecule has 58 valence electrons. The van der Waals surface area contributed by atoms with Crippen LogP contribution < -0.4 is 5.32 Å². The van der Waals surface area contributed by atoms with Crippen molar-refractivity contribution in [2.75, 3.05) is 26.2 Å². The van der Waals surface area contributed by atoms with E-state index in [0.717, 1.165) is 6.04 Å². The molecule has 0 aliphatic carbocycles. The van der Waals surface area contributed by atoms with Gasteiger partial charge in [0, 0.05) is 19.1 Å². The maximum atomic E-state index is 3.32. The second-order valence-corrected chi connectivity index (χ2v) is 3.41. The van der Waals surface area contributed by atoms with E-state index in [2.05, 4.69) is 10.2 Å². The fraction of sp³-hybridized carbons (Fsp3) is 1.00. The number of hydrogen-bond acceptors (Lipinski definition) is 2. The highest BCUT2D eigenvalue weighted by molar-refractivity contribution is 4.85. The molecule has 0 bridgehead atoms. The van der Waals surface area contributed by atoms with Crippen LogP contribution in [-0.4, -0.2) is 37.1 Å². The Morgan fingerprint density at radius 2 is 1.70 bits per heavy atom. The largest absolute Gasteiger partial charge is 0.314 e. The molecule has 0 unspecified atom stereocenters. The Morgan fingerprint density at radius 1 is 1.00 bits per heavy atom. The van der Waals surface area contributed by atoms with Crippen molar-refractivity contribution >= 4 is 0 Å². The van der Waals surface area contributed by atoms with Gasteiger partial charge < -0.3 is 5.32 Å². The first-order chi connectivity index (χ1) is 4.97. The molecule has 2 aliphatic rings. The molecule has 2 heterocycles. The van der Waals surface area contributed by atoms with Gasteiger partial charge in [-0.05, 0) is 25.9 Å². The Balaban J connectivity index is 1.78. The normalized spacial score (nSPS) is 30.0. The van der Waals surface area contributed by atoms with Crippen LogP contribution in [-0.2, 0) is 0 Å². The lowest BCUT2D eigenvalue weighted by Crippen LogP contribution is -2.58. The SMILES string of the molecule is C1CCN(C2CNC2)CC1. The Labute approximate surface area is 62.6 Å². The molecule has 2 aliphatic heterocycles. The molecule has 2 saturated heterocycles. The number of rotatable bonds is 1. The maximum Gasteiger partial charge on any atom is 0.0345 e. The molecule has 0 aromatic rings. The molecule has 0 amide bonds. The fourth-order valence-electron chi connectivity index (χ4n) is 1.82. The summed E-state index contributed by atoms with van der Waals surface area (Å²) in [6.45, 7) is 5.18. The van der Waals surface area contributed by atoms with Crippen LogP contribution in [0.5, 0.6) is 0 Å². The van der Waals surface area contributed by atoms with Crippen molar-refractivity contribution in [1.82, 2.24) is 10.2 Å². The minimum absolute atomic E-state index is 0.889. The molecule has 2 heteroatoms. The lowest BCUT2D eigenvalue weighted by molar-refractivity contribution is 0.121. The second kappa shape index (κ2) is 2.89. The van der Waals surface area contributed by atoms with Crippen LogP contribution in [0.25, 0.3) is 0 Å². The van der Waals surface area contributed by atoms with Crippen molar-refractivity contribution in [1.29, 1.82) is 0 Å². The van der Waals surface area contributed by atoms with Crippen LogP contribution in [0, 0.1) is 0 Å². The zero-order valence-electron chi connectivity index (χ0n) is 6.47. The topological polar surface area (TPSA) is 15.3 Å². The minimum Gasteiger partial charge on any atom is -0.314 e. The molecule has 1 N–H and O–H groups in total. The lowest BCUT2D eigenvalue weighted by atomic mass is 10.1. The summed E-state index contributed by atoms with van der Waals surface area (Å²) in [5.41, 5.74) is 0. The quantitative estimate of drug-likeness (QED) is 0.568. The van der Waals surface area contributed by atoms with Crippen molar-refractivity contribution in [3.8, 4) is 0 Å². The zero-order chi connectivity index (χ0) is 6.81. The second-order valence-electron chi connectivity index (χ2n) is 3.41. The van der Waals surface area contributed by atoms with E-state index in [1.807, 2.05) is 0 Å². The van der Waals surface area contributed by atoms with Gasteiger partial charge in [-0.1, -0.05) is 6.42 Å². The molecule has 2 fully saturated rings. The van der Waals surface area contributed by atoms with Crippen LogP contribution in [0.3, 0.4) is 0 Å². The van der Waals surface area contributed by atoms with E-state index < -0.39 is 0 Å². The summed E-state index contributed by atoms with van der Waals surface area (Å²) in [6, 6.07) is 0.889. The van der Waals surface area contributed by atoms with Crippen molar-refractivity contribution < 1.29 is 0 Å². The van der Waals surface area contributed by atoms with Crippen LogP contribution in [0.15, 0.2) is 0 Å². The van der Waals surface area contributed by atoms with Gasteiger partial charge in [0.05, 0.1) is 0 Å². The van der Waals surface area contributed by atoms with E-state index in [1.54, 1.807) is 0 Å². The van der Waals surface area contributed by atoms with Crippen molar-refractivity contribution in [2.45, 2.75) is 25.3 Å². The third-order valence-corrected chi connectivity index (χ3v) is 2.67. The molecular formula is C8H16N2. The highest BCUT2D eigenvalue weighted by atomic mass is 15.2. The van der Waals surface area contributed by atoms with E-state index in [9.17, 15) is 0 Å². The first-order valence-electron chi connectivity index (χ1n) is 4.41. The predicted octanol–water partition coefficient (Wildman–Crippen LogP) is 0.444. The fourth-order valence-corrected chi connectivity index (χ4v) is 1.82. The molecule has 2 rings (SSSR count). The highest BCUT2D eigenvalue weighted by Crippen LogP contribution is 2.13. The van der Waals surface area contributed by atoms with Gasteiger partial charge in [0.15, 0.2) is 0 Å². The first-order valence-corrected chi connectivity index (χ1v) is 4.41. The van der Waals surface area contributed by atoms with Gasteiger partial charge in [0.1, 0.15) is 0 Å². The average Bonchev–Trinajstić information content (AvgIpc) is 1.86. The number of piperidine rings is 1. The third kappa shape index (κ3) is 1.18. The molecule has 0 atom stereocenters. The molecule has 0 aromatic heterocycles. The van der Waals surface area contributed by atoms with Gasteiger partial charge in [-0.2, -0.15) is 0 Å². The van der Waals surface area contributed by atoms with Crippen LogP contribution >= 0.6 is 0 Å². The summed E-state index contributed by atoms with van der Waals surface area (Å²) < 4.78 is 0. The molecular weight excluding hydrogens is 124 g/mol. The first kappa shape index (κ1) is 6.62. The molecule has 0 spiro atoms. The summed E-state index contributed by atoms with van der Waals surface area (Å²) >= 11 is 0. The summed E-state index contributed by atoms with van der Waals surface area (Å²) in [5.74, 6) is 0. The Morgan fingerprint density at radius 3 is 2.20 bits per heavy atom. The smallest absolute Gasteiger partial charge is 0.0345 e. The number of nitrogens with one attached hydrogen (secondary N) is 1. The standard InChI is InChI=1S/C8H16N2/c1-2-4-10(5-3-1)8-6-9-7-8/h8-9H,1-7H2. The van der Waals surface area contributed by atoms with Gasteiger partial charge in [0.2, 0.25) is 0 Å². The molecule has 2 nitrogen and oxygen atoms in total.